The number of halogens is 2. The molecule has 3 aromatic rings. The van der Waals surface area contributed by atoms with Gasteiger partial charge in [0.2, 0.25) is 0 Å². The second-order valence-corrected chi connectivity index (χ2v) is 4.11. The highest BCUT2D eigenvalue weighted by molar-refractivity contribution is 5.66. The minimum Gasteiger partial charge on any atom is -0.435 e. The summed E-state index contributed by atoms with van der Waals surface area (Å²) in [5.41, 5.74) is 1.85. The minimum atomic E-state index is -2.87. The van der Waals surface area contributed by atoms with Crippen LogP contribution in [0.1, 0.15) is 0 Å². The molecule has 21 heavy (non-hydrogen) atoms. The molecule has 0 fully saturated rings. The second-order valence-electron chi connectivity index (χ2n) is 4.11. The number of nitrogens with zero attached hydrogens (tertiary/aromatic N) is 3. The molecule has 0 bridgehead atoms. The standard InChI is InChI=1S/C14H9F2N3O2/c15-14(16)20-11-3-1-2-9(4-11)13-5-12(19-21-13)10-6-17-8-18-7-10/h1-8,14H. The van der Waals surface area contributed by atoms with Crippen molar-refractivity contribution in [3.05, 3.63) is 49.1 Å². The summed E-state index contributed by atoms with van der Waals surface area (Å²) in [6, 6.07) is 7.89. The quantitative estimate of drug-likeness (QED) is 0.736. The Morgan fingerprint density at radius 3 is 2.62 bits per heavy atom. The van der Waals surface area contributed by atoms with E-state index < -0.39 is 6.61 Å². The molecule has 0 aliphatic rings. The van der Waals surface area contributed by atoms with Crippen molar-refractivity contribution in [3.8, 4) is 28.3 Å². The van der Waals surface area contributed by atoms with Gasteiger partial charge in [0.1, 0.15) is 17.8 Å². The van der Waals surface area contributed by atoms with Gasteiger partial charge < -0.3 is 9.26 Å². The lowest BCUT2D eigenvalue weighted by molar-refractivity contribution is -0.0498. The summed E-state index contributed by atoms with van der Waals surface area (Å²) in [5.74, 6) is 0.497. The maximum atomic E-state index is 12.2. The summed E-state index contributed by atoms with van der Waals surface area (Å²) < 4.78 is 34.0. The molecule has 0 unspecified atom stereocenters. The van der Waals surface area contributed by atoms with Crippen LogP contribution in [-0.4, -0.2) is 21.7 Å². The number of rotatable bonds is 4. The van der Waals surface area contributed by atoms with Gasteiger partial charge in [-0.15, -0.1) is 0 Å². The summed E-state index contributed by atoms with van der Waals surface area (Å²) in [6.45, 7) is -2.87. The zero-order chi connectivity index (χ0) is 14.7. The maximum absolute atomic E-state index is 12.2. The van der Waals surface area contributed by atoms with E-state index in [0.717, 1.165) is 0 Å². The van der Waals surface area contributed by atoms with Gasteiger partial charge in [0, 0.05) is 29.6 Å². The average molecular weight is 289 g/mol. The Bertz CT molecular complexity index is 732. The van der Waals surface area contributed by atoms with E-state index in [9.17, 15) is 8.78 Å². The highest BCUT2D eigenvalue weighted by atomic mass is 19.3. The molecule has 0 saturated heterocycles. The Balaban J connectivity index is 1.90. The number of ether oxygens (including phenoxy) is 1. The molecule has 1 aromatic carbocycles. The van der Waals surface area contributed by atoms with Gasteiger partial charge >= 0.3 is 6.61 Å². The summed E-state index contributed by atoms with van der Waals surface area (Å²) in [5, 5.41) is 3.91. The molecule has 106 valence electrons. The van der Waals surface area contributed by atoms with Crippen molar-refractivity contribution in [2.75, 3.05) is 0 Å². The fraction of sp³-hybridized carbons (Fsp3) is 0.0714. The molecule has 5 nitrogen and oxygen atoms in total. The lowest BCUT2D eigenvalue weighted by Crippen LogP contribution is -2.01. The monoisotopic (exact) mass is 289 g/mol. The summed E-state index contributed by atoms with van der Waals surface area (Å²) in [7, 11) is 0. The molecule has 0 aliphatic carbocycles. The van der Waals surface area contributed by atoms with E-state index in [1.165, 1.54) is 18.5 Å². The molecule has 0 N–H and O–H groups in total. The van der Waals surface area contributed by atoms with E-state index >= 15 is 0 Å². The van der Waals surface area contributed by atoms with Crippen molar-refractivity contribution >= 4 is 0 Å². The molecule has 0 radical (unpaired) electrons. The van der Waals surface area contributed by atoms with E-state index in [-0.39, 0.29) is 5.75 Å². The van der Waals surface area contributed by atoms with Crippen LogP contribution in [0.25, 0.3) is 22.6 Å². The summed E-state index contributed by atoms with van der Waals surface area (Å²) >= 11 is 0. The number of benzene rings is 1. The fourth-order valence-electron chi connectivity index (χ4n) is 1.80. The Kier molecular flexibility index (Phi) is 3.55. The number of aromatic nitrogens is 3. The molecule has 0 amide bonds. The van der Waals surface area contributed by atoms with E-state index in [1.54, 1.807) is 30.6 Å². The van der Waals surface area contributed by atoms with E-state index in [2.05, 4.69) is 19.9 Å². The van der Waals surface area contributed by atoms with Crippen LogP contribution in [0, 0.1) is 0 Å². The molecule has 0 aliphatic heterocycles. The van der Waals surface area contributed by atoms with Crippen LogP contribution in [-0.2, 0) is 0 Å². The van der Waals surface area contributed by atoms with Gasteiger partial charge in [0.15, 0.2) is 5.76 Å². The minimum absolute atomic E-state index is 0.0588. The van der Waals surface area contributed by atoms with Crippen LogP contribution in [0.5, 0.6) is 5.75 Å². The van der Waals surface area contributed by atoms with Crippen LogP contribution in [0.4, 0.5) is 8.78 Å². The van der Waals surface area contributed by atoms with Crippen LogP contribution in [0.3, 0.4) is 0 Å². The van der Waals surface area contributed by atoms with Crippen molar-refractivity contribution in [1.29, 1.82) is 0 Å². The molecule has 0 saturated carbocycles. The molecule has 0 atom stereocenters. The summed E-state index contributed by atoms with van der Waals surface area (Å²) in [6.07, 6.45) is 4.62. The van der Waals surface area contributed by atoms with Crippen molar-refractivity contribution in [2.45, 2.75) is 6.61 Å². The maximum Gasteiger partial charge on any atom is 0.387 e. The number of hydrogen-bond donors (Lipinski definition) is 0. The predicted octanol–water partition coefficient (Wildman–Crippen LogP) is 3.40. The molecule has 7 heteroatoms. The highest BCUT2D eigenvalue weighted by Gasteiger charge is 2.11. The molecule has 0 spiro atoms. The topological polar surface area (TPSA) is 61.0 Å². The van der Waals surface area contributed by atoms with Crippen molar-refractivity contribution in [1.82, 2.24) is 15.1 Å². The third-order valence-corrected chi connectivity index (χ3v) is 2.71. The Labute approximate surface area is 118 Å². The Morgan fingerprint density at radius 1 is 1.05 bits per heavy atom. The smallest absolute Gasteiger partial charge is 0.387 e. The molecule has 2 heterocycles. The van der Waals surface area contributed by atoms with Gasteiger partial charge in [0.25, 0.3) is 0 Å². The van der Waals surface area contributed by atoms with Gasteiger partial charge in [-0.25, -0.2) is 9.97 Å². The zero-order valence-electron chi connectivity index (χ0n) is 10.6. The van der Waals surface area contributed by atoms with Crippen LogP contribution in [0.2, 0.25) is 0 Å². The zero-order valence-corrected chi connectivity index (χ0v) is 10.6. The Hall–Kier alpha value is -2.83. The van der Waals surface area contributed by atoms with Crippen LogP contribution < -0.4 is 4.74 Å². The highest BCUT2D eigenvalue weighted by Crippen LogP contribution is 2.28. The first-order valence-corrected chi connectivity index (χ1v) is 6.00. The van der Waals surface area contributed by atoms with Gasteiger partial charge in [-0.1, -0.05) is 17.3 Å². The fourth-order valence-corrected chi connectivity index (χ4v) is 1.80. The first-order chi connectivity index (χ1) is 10.2. The van der Waals surface area contributed by atoms with Crippen LogP contribution in [0.15, 0.2) is 53.6 Å². The SMILES string of the molecule is FC(F)Oc1cccc(-c2cc(-c3cncnc3)no2)c1. The second kappa shape index (κ2) is 5.66. The largest absolute Gasteiger partial charge is 0.435 e. The number of hydrogen-bond acceptors (Lipinski definition) is 5. The van der Waals surface area contributed by atoms with E-state index in [0.29, 0.717) is 22.6 Å². The van der Waals surface area contributed by atoms with E-state index in [1.807, 2.05) is 0 Å². The van der Waals surface area contributed by atoms with Crippen molar-refractivity contribution < 1.29 is 18.0 Å². The Morgan fingerprint density at radius 2 is 1.86 bits per heavy atom. The molecule has 2 aromatic heterocycles. The third-order valence-electron chi connectivity index (χ3n) is 2.71. The average Bonchev–Trinajstić information content (AvgIpc) is 2.98. The predicted molar refractivity (Wildman–Crippen MR) is 69.6 cm³/mol. The number of alkyl halides is 2. The first kappa shape index (κ1) is 13.2. The van der Waals surface area contributed by atoms with Crippen LogP contribution >= 0.6 is 0 Å². The van der Waals surface area contributed by atoms with E-state index in [4.69, 9.17) is 4.52 Å². The van der Waals surface area contributed by atoms with Gasteiger partial charge in [0.05, 0.1) is 0 Å². The lowest BCUT2D eigenvalue weighted by Gasteiger charge is -2.04. The van der Waals surface area contributed by atoms with Gasteiger partial charge in [-0.2, -0.15) is 8.78 Å². The van der Waals surface area contributed by atoms with Gasteiger partial charge in [-0.3, -0.25) is 0 Å². The normalized spacial score (nSPS) is 10.8. The van der Waals surface area contributed by atoms with Crippen molar-refractivity contribution in [2.24, 2.45) is 0 Å². The molecule has 3 rings (SSSR count). The summed E-state index contributed by atoms with van der Waals surface area (Å²) in [4.78, 5) is 7.79. The lowest BCUT2D eigenvalue weighted by atomic mass is 10.1. The van der Waals surface area contributed by atoms with Gasteiger partial charge in [-0.05, 0) is 12.1 Å². The molecular weight excluding hydrogens is 280 g/mol. The first-order valence-electron chi connectivity index (χ1n) is 6.00. The third kappa shape index (κ3) is 3.02. The van der Waals surface area contributed by atoms with Crippen molar-refractivity contribution in [3.63, 3.8) is 0 Å². The molecular formula is C14H9F2N3O2.